The van der Waals surface area contributed by atoms with E-state index in [1.807, 2.05) is 30.5 Å². The number of hydrogen-bond acceptors (Lipinski definition) is 2. The molecule has 0 saturated carbocycles. The molecule has 0 spiro atoms. The molecular weight excluding hydrogens is 212 g/mol. The molecule has 0 bridgehead atoms. The first-order valence-corrected chi connectivity index (χ1v) is 6.13. The molecule has 0 unspecified atom stereocenters. The van der Waals surface area contributed by atoms with Gasteiger partial charge in [0, 0.05) is 18.1 Å². The smallest absolute Gasteiger partial charge is 0.255 e. The van der Waals surface area contributed by atoms with Crippen molar-refractivity contribution in [2.45, 2.75) is 26.3 Å². The Morgan fingerprint density at radius 1 is 1.24 bits per heavy atom. The quantitative estimate of drug-likeness (QED) is 0.775. The number of nitrogens with one attached hydrogen (secondary N) is 2. The number of pyridine rings is 1. The molecule has 17 heavy (non-hydrogen) atoms. The van der Waals surface area contributed by atoms with E-state index in [1.54, 1.807) is 0 Å². The molecule has 90 valence electrons. The second-order valence-electron chi connectivity index (χ2n) is 4.22. The van der Waals surface area contributed by atoms with Crippen molar-refractivity contribution in [1.82, 2.24) is 10.3 Å². The molecule has 2 N–H and O–H groups in total. The van der Waals surface area contributed by atoms with E-state index in [0.29, 0.717) is 0 Å². The Morgan fingerprint density at radius 3 is 2.76 bits per heavy atom. The molecule has 0 saturated heterocycles. The van der Waals surface area contributed by atoms with E-state index >= 15 is 0 Å². The maximum Gasteiger partial charge on any atom is 0.255 e. The summed E-state index contributed by atoms with van der Waals surface area (Å²) in [5, 5.41) is 5.20. The van der Waals surface area contributed by atoms with Gasteiger partial charge in [0.25, 0.3) is 5.56 Å². The van der Waals surface area contributed by atoms with Crippen LogP contribution in [0.1, 0.15) is 25.3 Å². The molecule has 2 rings (SSSR count). The van der Waals surface area contributed by atoms with Crippen molar-refractivity contribution in [1.29, 1.82) is 0 Å². The van der Waals surface area contributed by atoms with Gasteiger partial charge in [-0.2, -0.15) is 0 Å². The minimum atomic E-state index is -0.0158. The summed E-state index contributed by atoms with van der Waals surface area (Å²) in [6.45, 7) is 4.00. The minimum Gasteiger partial charge on any atom is -0.328 e. The van der Waals surface area contributed by atoms with E-state index in [2.05, 4.69) is 17.2 Å². The molecule has 3 nitrogen and oxygen atoms in total. The predicted octanol–water partition coefficient (Wildman–Crippen LogP) is 2.42. The van der Waals surface area contributed by atoms with Crippen LogP contribution in [0.25, 0.3) is 10.8 Å². The fraction of sp³-hybridized carbons (Fsp3) is 0.357. The number of aromatic amines is 1. The third-order valence-electron chi connectivity index (χ3n) is 2.92. The van der Waals surface area contributed by atoms with Gasteiger partial charge >= 0.3 is 0 Å². The number of unbranched alkanes of at least 4 members (excludes halogenated alkanes) is 1. The summed E-state index contributed by atoms with van der Waals surface area (Å²) < 4.78 is 0. The van der Waals surface area contributed by atoms with Crippen molar-refractivity contribution >= 4 is 10.8 Å². The summed E-state index contributed by atoms with van der Waals surface area (Å²) in [4.78, 5) is 14.4. The topological polar surface area (TPSA) is 44.9 Å². The highest BCUT2D eigenvalue weighted by molar-refractivity contribution is 5.84. The molecule has 0 aliphatic carbocycles. The van der Waals surface area contributed by atoms with Crippen molar-refractivity contribution in [2.75, 3.05) is 6.54 Å². The Hall–Kier alpha value is -1.61. The number of H-pyrrole nitrogens is 1. The van der Waals surface area contributed by atoms with Crippen LogP contribution in [-0.4, -0.2) is 11.5 Å². The minimum absolute atomic E-state index is 0.0158. The highest BCUT2D eigenvalue weighted by Crippen LogP contribution is 2.13. The molecule has 0 aliphatic rings. The van der Waals surface area contributed by atoms with Crippen molar-refractivity contribution in [3.63, 3.8) is 0 Å². The van der Waals surface area contributed by atoms with Crippen LogP contribution in [0.15, 0.2) is 35.3 Å². The molecule has 0 atom stereocenters. The lowest BCUT2D eigenvalue weighted by molar-refractivity contribution is 0.642. The van der Waals surface area contributed by atoms with E-state index in [4.69, 9.17) is 0 Å². The third-order valence-corrected chi connectivity index (χ3v) is 2.92. The third kappa shape index (κ3) is 2.74. The van der Waals surface area contributed by atoms with Crippen molar-refractivity contribution < 1.29 is 0 Å². The van der Waals surface area contributed by atoms with Gasteiger partial charge in [-0.1, -0.05) is 31.5 Å². The maximum atomic E-state index is 11.6. The molecule has 1 aromatic carbocycles. The van der Waals surface area contributed by atoms with Crippen LogP contribution < -0.4 is 10.9 Å². The van der Waals surface area contributed by atoms with E-state index in [-0.39, 0.29) is 5.56 Å². The molecular formula is C14H18N2O. The monoisotopic (exact) mass is 230 g/mol. The maximum absolute atomic E-state index is 11.6. The predicted molar refractivity (Wildman–Crippen MR) is 71.2 cm³/mol. The SMILES string of the molecule is CCCCNCc1c[nH]c(=O)c2ccccc12. The molecule has 0 amide bonds. The Labute approximate surface area is 101 Å². The van der Waals surface area contributed by atoms with E-state index in [9.17, 15) is 4.79 Å². The van der Waals surface area contributed by atoms with Crippen molar-refractivity contribution in [3.8, 4) is 0 Å². The molecule has 0 fully saturated rings. The zero-order valence-corrected chi connectivity index (χ0v) is 10.1. The van der Waals surface area contributed by atoms with Crippen LogP contribution in [0.3, 0.4) is 0 Å². The number of aromatic nitrogens is 1. The van der Waals surface area contributed by atoms with Gasteiger partial charge in [0.05, 0.1) is 0 Å². The standard InChI is InChI=1S/C14H18N2O/c1-2-3-8-15-9-11-10-16-14(17)13-7-5-4-6-12(11)13/h4-7,10,15H,2-3,8-9H2,1H3,(H,16,17). The van der Waals surface area contributed by atoms with Gasteiger partial charge in [-0.15, -0.1) is 0 Å². The Morgan fingerprint density at radius 2 is 2.00 bits per heavy atom. The number of hydrogen-bond donors (Lipinski definition) is 2. The molecule has 1 heterocycles. The number of benzene rings is 1. The lowest BCUT2D eigenvalue weighted by atomic mass is 10.1. The second-order valence-corrected chi connectivity index (χ2v) is 4.22. The van der Waals surface area contributed by atoms with Crippen LogP contribution >= 0.6 is 0 Å². The van der Waals surface area contributed by atoms with Crippen LogP contribution in [0.4, 0.5) is 0 Å². The summed E-state index contributed by atoms with van der Waals surface area (Å²) in [5.74, 6) is 0. The van der Waals surface area contributed by atoms with E-state index in [0.717, 1.165) is 29.4 Å². The lowest BCUT2D eigenvalue weighted by Crippen LogP contribution is -2.16. The van der Waals surface area contributed by atoms with Gasteiger partial charge < -0.3 is 10.3 Å². The fourth-order valence-corrected chi connectivity index (χ4v) is 1.94. The van der Waals surface area contributed by atoms with Crippen LogP contribution in [-0.2, 0) is 6.54 Å². The van der Waals surface area contributed by atoms with Crippen molar-refractivity contribution in [2.24, 2.45) is 0 Å². The summed E-state index contributed by atoms with van der Waals surface area (Å²) in [6.07, 6.45) is 4.18. The molecule has 2 aromatic rings. The van der Waals surface area contributed by atoms with E-state index < -0.39 is 0 Å². The molecule has 0 aliphatic heterocycles. The fourth-order valence-electron chi connectivity index (χ4n) is 1.94. The lowest BCUT2D eigenvalue weighted by Gasteiger charge is -2.07. The summed E-state index contributed by atoms with van der Waals surface area (Å²) in [5.41, 5.74) is 1.13. The van der Waals surface area contributed by atoms with Gasteiger partial charge in [0.1, 0.15) is 0 Å². The Balaban J connectivity index is 2.23. The van der Waals surface area contributed by atoms with Gasteiger partial charge in [-0.05, 0) is 30.0 Å². The molecule has 1 aromatic heterocycles. The summed E-state index contributed by atoms with van der Waals surface area (Å²) >= 11 is 0. The zero-order valence-electron chi connectivity index (χ0n) is 10.1. The second kappa shape index (κ2) is 5.64. The highest BCUT2D eigenvalue weighted by atomic mass is 16.1. The average molecular weight is 230 g/mol. The number of fused-ring (bicyclic) bond motifs is 1. The van der Waals surface area contributed by atoms with Gasteiger partial charge in [-0.25, -0.2) is 0 Å². The molecule has 3 heteroatoms. The largest absolute Gasteiger partial charge is 0.328 e. The summed E-state index contributed by atoms with van der Waals surface area (Å²) in [7, 11) is 0. The first-order chi connectivity index (χ1) is 8.33. The highest BCUT2D eigenvalue weighted by Gasteiger charge is 2.02. The summed E-state index contributed by atoms with van der Waals surface area (Å²) in [6, 6.07) is 7.73. The van der Waals surface area contributed by atoms with Gasteiger partial charge in [0.15, 0.2) is 0 Å². The van der Waals surface area contributed by atoms with E-state index in [1.165, 1.54) is 12.8 Å². The van der Waals surface area contributed by atoms with Crippen LogP contribution in [0.5, 0.6) is 0 Å². The first-order valence-electron chi connectivity index (χ1n) is 6.13. The Kier molecular flexibility index (Phi) is 3.94. The number of rotatable bonds is 5. The van der Waals surface area contributed by atoms with Crippen molar-refractivity contribution in [3.05, 3.63) is 46.4 Å². The molecule has 0 radical (unpaired) electrons. The first kappa shape index (κ1) is 11.9. The van der Waals surface area contributed by atoms with Gasteiger partial charge in [-0.3, -0.25) is 4.79 Å². The van der Waals surface area contributed by atoms with Crippen LogP contribution in [0, 0.1) is 0 Å². The zero-order chi connectivity index (χ0) is 12.1. The normalized spacial score (nSPS) is 10.9. The average Bonchev–Trinajstić information content (AvgIpc) is 2.37. The van der Waals surface area contributed by atoms with Gasteiger partial charge in [0.2, 0.25) is 0 Å². The van der Waals surface area contributed by atoms with Crippen LogP contribution in [0.2, 0.25) is 0 Å². The Bertz CT molecular complexity index is 545.